The van der Waals surface area contributed by atoms with E-state index in [1.54, 1.807) is 43.0 Å². The lowest BCUT2D eigenvalue weighted by Crippen LogP contribution is -2.23. The number of aromatic amines is 1. The van der Waals surface area contributed by atoms with Gasteiger partial charge in [-0.15, -0.1) is 0 Å². The summed E-state index contributed by atoms with van der Waals surface area (Å²) in [6.07, 6.45) is 1.43. The van der Waals surface area contributed by atoms with Crippen LogP contribution in [-0.2, 0) is 4.79 Å². The second kappa shape index (κ2) is 6.55. The summed E-state index contributed by atoms with van der Waals surface area (Å²) in [5.74, 6) is -0.140. The number of hydrogen-bond acceptors (Lipinski definition) is 4. The number of carbonyl (C=O) groups is 3. The van der Waals surface area contributed by atoms with E-state index in [0.717, 1.165) is 12.1 Å². The molecule has 0 atom stereocenters. The molecule has 0 radical (unpaired) electrons. The van der Waals surface area contributed by atoms with E-state index in [9.17, 15) is 14.4 Å². The summed E-state index contributed by atoms with van der Waals surface area (Å²) in [7, 11) is 0. The van der Waals surface area contributed by atoms with E-state index in [-0.39, 0.29) is 17.4 Å². The van der Waals surface area contributed by atoms with Crippen LogP contribution in [0.2, 0.25) is 0 Å². The molecule has 25 heavy (non-hydrogen) atoms. The van der Waals surface area contributed by atoms with Crippen molar-refractivity contribution in [2.24, 2.45) is 0 Å². The third-order valence-electron chi connectivity index (χ3n) is 4.43. The number of rotatable bonds is 4. The number of amides is 1. The molecule has 0 spiro atoms. The van der Waals surface area contributed by atoms with Crippen molar-refractivity contribution in [1.29, 1.82) is 0 Å². The maximum absolute atomic E-state index is 12.4. The third kappa shape index (κ3) is 3.20. The van der Waals surface area contributed by atoms with Gasteiger partial charge in [0.2, 0.25) is 5.91 Å². The minimum atomic E-state index is -0.543. The standard InChI is InChI=1S/C19H20N2O4/c1-11-17(13(3)22)12(2)20-18(11)19(24)25-15-8-6-14(7-9-15)21-10-4-5-16(21)23/h6-9,20H,4-5,10H2,1-3H3. The van der Waals surface area contributed by atoms with Gasteiger partial charge in [0.25, 0.3) is 0 Å². The van der Waals surface area contributed by atoms with Crippen LogP contribution in [0.25, 0.3) is 0 Å². The van der Waals surface area contributed by atoms with Crippen LogP contribution >= 0.6 is 0 Å². The summed E-state index contributed by atoms with van der Waals surface area (Å²) < 4.78 is 5.39. The smallest absolute Gasteiger partial charge is 0.360 e. The van der Waals surface area contributed by atoms with Crippen molar-refractivity contribution in [3.05, 3.63) is 46.8 Å². The highest BCUT2D eigenvalue weighted by atomic mass is 16.5. The molecule has 6 heteroatoms. The molecule has 0 unspecified atom stereocenters. The van der Waals surface area contributed by atoms with Crippen LogP contribution in [0.3, 0.4) is 0 Å². The number of ketones is 1. The predicted molar refractivity (Wildman–Crippen MR) is 93.3 cm³/mol. The van der Waals surface area contributed by atoms with Gasteiger partial charge in [0.05, 0.1) is 0 Å². The first-order valence-electron chi connectivity index (χ1n) is 8.21. The Morgan fingerprint density at radius 3 is 2.36 bits per heavy atom. The van der Waals surface area contributed by atoms with E-state index < -0.39 is 5.97 Å². The Balaban J connectivity index is 1.76. The number of esters is 1. The first-order valence-corrected chi connectivity index (χ1v) is 8.21. The lowest BCUT2D eigenvalue weighted by molar-refractivity contribution is -0.117. The molecule has 2 aromatic rings. The number of nitrogens with zero attached hydrogens (tertiary/aromatic N) is 1. The van der Waals surface area contributed by atoms with Gasteiger partial charge in [0.15, 0.2) is 5.78 Å². The van der Waals surface area contributed by atoms with E-state index in [1.165, 1.54) is 6.92 Å². The van der Waals surface area contributed by atoms with E-state index in [0.29, 0.717) is 35.5 Å². The number of H-pyrrole nitrogens is 1. The number of ether oxygens (including phenoxy) is 1. The van der Waals surface area contributed by atoms with Crippen molar-refractivity contribution in [2.45, 2.75) is 33.6 Å². The van der Waals surface area contributed by atoms with Crippen molar-refractivity contribution < 1.29 is 19.1 Å². The Morgan fingerprint density at radius 1 is 1.16 bits per heavy atom. The van der Waals surface area contributed by atoms with Crippen LogP contribution < -0.4 is 9.64 Å². The molecule has 0 bridgehead atoms. The Bertz CT molecular complexity index is 849. The number of benzene rings is 1. The van der Waals surface area contributed by atoms with Crippen molar-refractivity contribution in [3.8, 4) is 5.75 Å². The molecule has 6 nitrogen and oxygen atoms in total. The molecule has 1 aromatic carbocycles. The minimum absolute atomic E-state index is 0.0927. The highest BCUT2D eigenvalue weighted by Gasteiger charge is 2.23. The molecular weight excluding hydrogens is 320 g/mol. The first-order chi connectivity index (χ1) is 11.9. The molecule has 130 valence electrons. The van der Waals surface area contributed by atoms with Crippen molar-refractivity contribution in [1.82, 2.24) is 4.98 Å². The molecular formula is C19H20N2O4. The van der Waals surface area contributed by atoms with E-state index in [2.05, 4.69) is 4.98 Å². The van der Waals surface area contributed by atoms with Crippen LogP contribution in [-0.4, -0.2) is 29.2 Å². The average Bonchev–Trinajstić information content (AvgIpc) is 3.11. The molecule has 3 rings (SSSR count). The van der Waals surface area contributed by atoms with Gasteiger partial charge < -0.3 is 14.6 Å². The summed E-state index contributed by atoms with van der Waals surface area (Å²) in [6, 6.07) is 6.85. The lowest BCUT2D eigenvalue weighted by Gasteiger charge is -2.15. The summed E-state index contributed by atoms with van der Waals surface area (Å²) in [4.78, 5) is 40.5. The van der Waals surface area contributed by atoms with Gasteiger partial charge in [-0.05, 0) is 57.0 Å². The summed E-state index contributed by atoms with van der Waals surface area (Å²) in [5.41, 5.74) is 2.85. The molecule has 1 aromatic heterocycles. The summed E-state index contributed by atoms with van der Waals surface area (Å²) in [6.45, 7) is 5.66. The van der Waals surface area contributed by atoms with Gasteiger partial charge >= 0.3 is 5.97 Å². The molecule has 2 heterocycles. The fourth-order valence-electron chi connectivity index (χ4n) is 3.26. The zero-order chi connectivity index (χ0) is 18.1. The van der Waals surface area contributed by atoms with E-state index in [4.69, 9.17) is 4.74 Å². The van der Waals surface area contributed by atoms with E-state index in [1.807, 2.05) is 0 Å². The molecule has 0 aliphatic carbocycles. The maximum atomic E-state index is 12.4. The largest absolute Gasteiger partial charge is 0.422 e. The molecule has 1 saturated heterocycles. The number of hydrogen-bond donors (Lipinski definition) is 1. The molecule has 1 amide bonds. The monoisotopic (exact) mass is 340 g/mol. The lowest BCUT2D eigenvalue weighted by atomic mass is 10.1. The van der Waals surface area contributed by atoms with Crippen molar-refractivity contribution in [3.63, 3.8) is 0 Å². The van der Waals surface area contributed by atoms with Gasteiger partial charge in [0, 0.05) is 29.9 Å². The second-order valence-electron chi connectivity index (χ2n) is 6.21. The number of nitrogens with one attached hydrogen (secondary N) is 1. The highest BCUT2D eigenvalue weighted by molar-refractivity contribution is 6.01. The van der Waals surface area contributed by atoms with Gasteiger partial charge in [0.1, 0.15) is 11.4 Å². The zero-order valence-corrected chi connectivity index (χ0v) is 14.5. The normalized spacial score (nSPS) is 14.0. The maximum Gasteiger partial charge on any atom is 0.360 e. The average molecular weight is 340 g/mol. The zero-order valence-electron chi connectivity index (χ0n) is 14.5. The number of Topliss-reactive ketones (excluding diaryl/α,β-unsaturated/α-hetero) is 1. The summed E-state index contributed by atoms with van der Waals surface area (Å²) >= 11 is 0. The highest BCUT2D eigenvalue weighted by Crippen LogP contribution is 2.25. The SMILES string of the molecule is CC(=O)c1c(C)[nH]c(C(=O)Oc2ccc(N3CCCC3=O)cc2)c1C. The van der Waals surface area contributed by atoms with Crippen molar-refractivity contribution in [2.75, 3.05) is 11.4 Å². The molecule has 1 aliphatic rings. The van der Waals surface area contributed by atoms with E-state index >= 15 is 0 Å². The fourth-order valence-corrected chi connectivity index (χ4v) is 3.26. The van der Waals surface area contributed by atoms with Crippen LogP contribution in [0.1, 0.15) is 51.9 Å². The second-order valence-corrected chi connectivity index (χ2v) is 6.21. The number of aromatic nitrogens is 1. The number of aryl methyl sites for hydroxylation is 1. The first kappa shape index (κ1) is 17.0. The Hall–Kier alpha value is -2.89. The van der Waals surface area contributed by atoms with Gasteiger partial charge in [-0.1, -0.05) is 0 Å². The van der Waals surface area contributed by atoms with Crippen LogP contribution in [0.15, 0.2) is 24.3 Å². The molecule has 0 saturated carbocycles. The van der Waals surface area contributed by atoms with Crippen LogP contribution in [0, 0.1) is 13.8 Å². The van der Waals surface area contributed by atoms with Crippen molar-refractivity contribution >= 4 is 23.3 Å². The van der Waals surface area contributed by atoms with Gasteiger partial charge in [-0.25, -0.2) is 4.79 Å². The van der Waals surface area contributed by atoms with Crippen LogP contribution in [0.4, 0.5) is 5.69 Å². The Kier molecular flexibility index (Phi) is 4.44. The summed E-state index contributed by atoms with van der Waals surface area (Å²) in [5, 5.41) is 0. The third-order valence-corrected chi connectivity index (χ3v) is 4.43. The molecule has 1 N–H and O–H groups in total. The quantitative estimate of drug-likeness (QED) is 0.527. The Morgan fingerprint density at radius 2 is 1.84 bits per heavy atom. The minimum Gasteiger partial charge on any atom is -0.422 e. The van der Waals surface area contributed by atoms with Gasteiger partial charge in [-0.2, -0.15) is 0 Å². The molecule has 1 fully saturated rings. The topological polar surface area (TPSA) is 79.5 Å². The number of anilines is 1. The predicted octanol–water partition coefficient (Wildman–Crippen LogP) is 3.18. The number of carbonyl (C=O) groups excluding carboxylic acids is 3. The fraction of sp³-hybridized carbons (Fsp3) is 0.316. The van der Waals surface area contributed by atoms with Crippen LogP contribution in [0.5, 0.6) is 5.75 Å². The Labute approximate surface area is 145 Å². The van der Waals surface area contributed by atoms with Gasteiger partial charge in [-0.3, -0.25) is 9.59 Å². The molecule has 1 aliphatic heterocycles.